The molecule has 30 heavy (non-hydrogen) atoms. The Kier molecular flexibility index (Phi) is 6.33. The second-order valence-corrected chi connectivity index (χ2v) is 7.73. The predicted molar refractivity (Wildman–Crippen MR) is 115 cm³/mol. The molecule has 0 bridgehead atoms. The quantitative estimate of drug-likeness (QED) is 0.464. The molecule has 1 aliphatic rings. The summed E-state index contributed by atoms with van der Waals surface area (Å²) in [5.74, 6) is 1.60. The minimum Gasteiger partial charge on any atom is -0.494 e. The van der Waals surface area contributed by atoms with Crippen LogP contribution in [0.15, 0.2) is 53.1 Å². The summed E-state index contributed by atoms with van der Waals surface area (Å²) in [5, 5.41) is 4.64. The van der Waals surface area contributed by atoms with E-state index in [1.54, 1.807) is 11.0 Å². The zero-order chi connectivity index (χ0) is 20.9. The predicted octanol–water partition coefficient (Wildman–Crippen LogP) is 5.55. The smallest absolute Gasteiger partial charge is 0.254 e. The third-order valence-electron chi connectivity index (χ3n) is 5.22. The Labute approximate surface area is 180 Å². The number of likely N-dealkylation sites (tertiary alicyclic amines) is 1. The highest BCUT2D eigenvalue weighted by atomic mass is 35.5. The summed E-state index contributed by atoms with van der Waals surface area (Å²) in [7, 11) is 0. The SMILES string of the molecule is CCCCOc1ccc(C(=O)N2CCC[C@@H]2c2nc(-c3ccccc3Cl)no2)cc1. The third kappa shape index (κ3) is 4.33. The van der Waals surface area contributed by atoms with Gasteiger partial charge in [0.15, 0.2) is 0 Å². The van der Waals surface area contributed by atoms with Crippen LogP contribution in [0.4, 0.5) is 0 Å². The molecule has 1 saturated heterocycles. The van der Waals surface area contributed by atoms with E-state index in [1.807, 2.05) is 42.5 Å². The lowest BCUT2D eigenvalue weighted by atomic mass is 10.1. The second kappa shape index (κ2) is 9.30. The van der Waals surface area contributed by atoms with Crippen LogP contribution in [-0.4, -0.2) is 34.1 Å². The van der Waals surface area contributed by atoms with Crippen molar-refractivity contribution in [2.75, 3.05) is 13.2 Å². The van der Waals surface area contributed by atoms with Crippen molar-refractivity contribution in [3.63, 3.8) is 0 Å². The van der Waals surface area contributed by atoms with E-state index in [-0.39, 0.29) is 11.9 Å². The molecule has 1 aromatic heterocycles. The number of aromatic nitrogens is 2. The van der Waals surface area contributed by atoms with Gasteiger partial charge in [-0.15, -0.1) is 0 Å². The topological polar surface area (TPSA) is 68.5 Å². The van der Waals surface area contributed by atoms with E-state index >= 15 is 0 Å². The van der Waals surface area contributed by atoms with Gasteiger partial charge in [-0.3, -0.25) is 4.79 Å². The maximum Gasteiger partial charge on any atom is 0.254 e. The van der Waals surface area contributed by atoms with Gasteiger partial charge >= 0.3 is 0 Å². The fraction of sp³-hybridized carbons (Fsp3) is 0.348. The molecule has 2 aromatic carbocycles. The molecular weight excluding hydrogens is 402 g/mol. The van der Waals surface area contributed by atoms with Gasteiger partial charge < -0.3 is 14.2 Å². The third-order valence-corrected chi connectivity index (χ3v) is 5.55. The van der Waals surface area contributed by atoms with Crippen LogP contribution >= 0.6 is 11.6 Å². The van der Waals surface area contributed by atoms with Crippen molar-refractivity contribution >= 4 is 17.5 Å². The number of carbonyl (C=O) groups is 1. The Hall–Kier alpha value is -2.86. The summed E-state index contributed by atoms with van der Waals surface area (Å²) in [6.45, 7) is 3.46. The molecule has 1 fully saturated rings. The van der Waals surface area contributed by atoms with Gasteiger partial charge in [-0.05, 0) is 55.7 Å². The summed E-state index contributed by atoms with van der Waals surface area (Å²) in [5.41, 5.74) is 1.33. The number of benzene rings is 2. The Morgan fingerprint density at radius 3 is 2.80 bits per heavy atom. The number of unbranched alkanes of at least 4 members (excludes halogenated alkanes) is 1. The fourth-order valence-electron chi connectivity index (χ4n) is 3.58. The molecule has 7 heteroatoms. The second-order valence-electron chi connectivity index (χ2n) is 7.32. The maximum atomic E-state index is 13.1. The van der Waals surface area contributed by atoms with Crippen LogP contribution in [0.1, 0.15) is 54.9 Å². The molecule has 0 unspecified atom stereocenters. The molecule has 1 atom stereocenters. The van der Waals surface area contributed by atoms with E-state index in [0.29, 0.717) is 41.0 Å². The van der Waals surface area contributed by atoms with Crippen LogP contribution in [0.3, 0.4) is 0 Å². The van der Waals surface area contributed by atoms with E-state index in [9.17, 15) is 4.79 Å². The van der Waals surface area contributed by atoms with Gasteiger partial charge in [0, 0.05) is 17.7 Å². The summed E-state index contributed by atoms with van der Waals surface area (Å²) >= 11 is 6.24. The highest BCUT2D eigenvalue weighted by molar-refractivity contribution is 6.33. The average Bonchev–Trinajstić information content (AvgIpc) is 3.44. The Morgan fingerprint density at radius 1 is 1.23 bits per heavy atom. The van der Waals surface area contributed by atoms with Crippen LogP contribution in [0.25, 0.3) is 11.4 Å². The van der Waals surface area contributed by atoms with Crippen LogP contribution in [-0.2, 0) is 0 Å². The minimum atomic E-state index is -0.235. The summed E-state index contributed by atoms with van der Waals surface area (Å²) in [4.78, 5) is 19.4. The van der Waals surface area contributed by atoms with Gasteiger partial charge in [-0.2, -0.15) is 4.98 Å². The van der Waals surface area contributed by atoms with E-state index in [4.69, 9.17) is 20.9 Å². The highest BCUT2D eigenvalue weighted by Gasteiger charge is 2.34. The van der Waals surface area contributed by atoms with Gasteiger partial charge in [-0.1, -0.05) is 42.2 Å². The van der Waals surface area contributed by atoms with Crippen molar-refractivity contribution < 1.29 is 14.1 Å². The highest BCUT2D eigenvalue weighted by Crippen LogP contribution is 2.34. The van der Waals surface area contributed by atoms with Crippen molar-refractivity contribution in [1.29, 1.82) is 0 Å². The molecular formula is C23H24ClN3O3. The first kappa shape index (κ1) is 20.4. The normalized spacial score (nSPS) is 16.1. The number of amides is 1. The molecule has 2 heterocycles. The standard InChI is InChI=1S/C23H24ClN3O3/c1-2-3-15-29-17-12-10-16(11-13-17)23(28)27-14-6-9-20(27)22-25-21(26-30-22)18-7-4-5-8-19(18)24/h4-5,7-8,10-13,20H,2-3,6,9,14-15H2,1H3/t20-/m1/s1. The summed E-state index contributed by atoms with van der Waals surface area (Å²) in [6, 6.07) is 14.4. The van der Waals surface area contributed by atoms with Gasteiger partial charge in [0.05, 0.1) is 11.6 Å². The van der Waals surface area contributed by atoms with E-state index in [1.165, 1.54) is 0 Å². The molecule has 0 spiro atoms. The molecule has 0 N–H and O–H groups in total. The number of ether oxygens (including phenoxy) is 1. The lowest BCUT2D eigenvalue weighted by Crippen LogP contribution is -2.30. The molecule has 3 aromatic rings. The number of carbonyl (C=O) groups excluding carboxylic acids is 1. The van der Waals surface area contributed by atoms with Crippen molar-refractivity contribution in [3.8, 4) is 17.1 Å². The Morgan fingerprint density at radius 2 is 2.03 bits per heavy atom. The summed E-state index contributed by atoms with van der Waals surface area (Å²) < 4.78 is 11.2. The van der Waals surface area contributed by atoms with Crippen LogP contribution in [0.5, 0.6) is 5.75 Å². The molecule has 1 aliphatic heterocycles. The number of hydrogen-bond donors (Lipinski definition) is 0. The fourth-order valence-corrected chi connectivity index (χ4v) is 3.80. The average molecular weight is 426 g/mol. The van der Waals surface area contributed by atoms with Crippen molar-refractivity contribution in [1.82, 2.24) is 15.0 Å². The van der Waals surface area contributed by atoms with Crippen LogP contribution in [0, 0.1) is 0 Å². The van der Waals surface area contributed by atoms with Crippen LogP contribution < -0.4 is 4.74 Å². The van der Waals surface area contributed by atoms with Crippen molar-refractivity contribution in [3.05, 3.63) is 65.0 Å². The lowest BCUT2D eigenvalue weighted by molar-refractivity contribution is 0.0710. The first-order chi connectivity index (χ1) is 14.7. The number of rotatable bonds is 7. The number of halogens is 1. The zero-order valence-electron chi connectivity index (χ0n) is 16.9. The van der Waals surface area contributed by atoms with Crippen LogP contribution in [0.2, 0.25) is 5.02 Å². The van der Waals surface area contributed by atoms with E-state index < -0.39 is 0 Å². The Bertz CT molecular complexity index is 1000. The molecule has 1 amide bonds. The van der Waals surface area contributed by atoms with Crippen molar-refractivity contribution in [2.24, 2.45) is 0 Å². The first-order valence-corrected chi connectivity index (χ1v) is 10.7. The molecule has 4 rings (SSSR count). The van der Waals surface area contributed by atoms with E-state index in [2.05, 4.69) is 17.1 Å². The van der Waals surface area contributed by atoms with E-state index in [0.717, 1.165) is 31.4 Å². The number of nitrogens with zero attached hydrogens (tertiary/aromatic N) is 3. The monoisotopic (exact) mass is 425 g/mol. The maximum absolute atomic E-state index is 13.1. The zero-order valence-corrected chi connectivity index (χ0v) is 17.6. The van der Waals surface area contributed by atoms with Gasteiger partial charge in [0.1, 0.15) is 11.8 Å². The van der Waals surface area contributed by atoms with Gasteiger partial charge in [-0.25, -0.2) is 0 Å². The molecule has 0 aliphatic carbocycles. The minimum absolute atomic E-state index is 0.0462. The van der Waals surface area contributed by atoms with Gasteiger partial charge in [0.25, 0.3) is 5.91 Å². The molecule has 0 saturated carbocycles. The summed E-state index contributed by atoms with van der Waals surface area (Å²) in [6.07, 6.45) is 3.77. The Balaban J connectivity index is 1.48. The molecule has 0 radical (unpaired) electrons. The lowest BCUT2D eigenvalue weighted by Gasteiger charge is -2.22. The molecule has 156 valence electrons. The first-order valence-electron chi connectivity index (χ1n) is 10.3. The van der Waals surface area contributed by atoms with Crippen molar-refractivity contribution in [2.45, 2.75) is 38.6 Å². The number of hydrogen-bond acceptors (Lipinski definition) is 5. The molecule has 6 nitrogen and oxygen atoms in total. The largest absolute Gasteiger partial charge is 0.494 e. The van der Waals surface area contributed by atoms with Gasteiger partial charge in [0.2, 0.25) is 11.7 Å².